The number of hydrogen-bond donors (Lipinski definition) is 2. The highest BCUT2D eigenvalue weighted by Gasteiger charge is 2.17. The fraction of sp³-hybridized carbons (Fsp3) is 0.474. The van der Waals surface area contributed by atoms with Crippen LogP contribution in [0.4, 0.5) is 0 Å². The summed E-state index contributed by atoms with van der Waals surface area (Å²) in [7, 11) is 0. The molecule has 130 valence electrons. The van der Waals surface area contributed by atoms with Crippen LogP contribution in [0.1, 0.15) is 52.6 Å². The molecule has 0 fully saturated rings. The molecule has 24 heavy (non-hydrogen) atoms. The molecule has 4 nitrogen and oxygen atoms in total. The summed E-state index contributed by atoms with van der Waals surface area (Å²) in [5, 5.41) is 13.2. The van der Waals surface area contributed by atoms with Crippen LogP contribution in [0, 0.1) is 12.3 Å². The predicted octanol–water partition coefficient (Wildman–Crippen LogP) is 3.57. The second-order valence-electron chi connectivity index (χ2n) is 6.87. The van der Waals surface area contributed by atoms with Crippen LogP contribution in [-0.2, 0) is 6.42 Å². The first-order valence-corrected chi connectivity index (χ1v) is 9.12. The van der Waals surface area contributed by atoms with Crippen LogP contribution < -0.4 is 5.32 Å². The Morgan fingerprint density at radius 3 is 2.67 bits per heavy atom. The molecule has 2 aromatic rings. The number of nitrogens with zero attached hydrogens (tertiary/aromatic N) is 1. The average Bonchev–Trinajstić information content (AvgIpc) is 2.93. The van der Waals surface area contributed by atoms with Crippen LogP contribution in [0.15, 0.2) is 30.3 Å². The number of hydrogen-bond acceptors (Lipinski definition) is 4. The van der Waals surface area contributed by atoms with Gasteiger partial charge in [0.1, 0.15) is 4.88 Å². The fourth-order valence-corrected chi connectivity index (χ4v) is 3.45. The largest absolute Gasteiger partial charge is 0.396 e. The van der Waals surface area contributed by atoms with Crippen molar-refractivity contribution in [3.63, 3.8) is 0 Å². The van der Waals surface area contributed by atoms with Crippen molar-refractivity contribution in [2.45, 2.75) is 40.0 Å². The smallest absolute Gasteiger partial charge is 0.263 e. The molecule has 1 amide bonds. The van der Waals surface area contributed by atoms with Gasteiger partial charge in [0.25, 0.3) is 5.91 Å². The van der Waals surface area contributed by atoms with E-state index in [0.29, 0.717) is 11.4 Å². The van der Waals surface area contributed by atoms with Crippen molar-refractivity contribution in [3.05, 3.63) is 51.5 Å². The van der Waals surface area contributed by atoms with Crippen molar-refractivity contribution in [1.82, 2.24) is 10.3 Å². The molecule has 1 heterocycles. The van der Waals surface area contributed by atoms with Gasteiger partial charge in [-0.05, 0) is 30.7 Å². The van der Waals surface area contributed by atoms with Crippen molar-refractivity contribution in [2.75, 3.05) is 13.2 Å². The van der Waals surface area contributed by atoms with Crippen LogP contribution in [0.25, 0.3) is 0 Å². The van der Waals surface area contributed by atoms with E-state index < -0.39 is 0 Å². The minimum atomic E-state index is -0.0893. The summed E-state index contributed by atoms with van der Waals surface area (Å²) in [6.07, 6.45) is 2.49. The molecule has 0 spiro atoms. The Kier molecular flexibility index (Phi) is 6.52. The molecule has 0 aliphatic carbocycles. The summed E-state index contributed by atoms with van der Waals surface area (Å²) in [6, 6.07) is 10.2. The third-order valence-corrected chi connectivity index (χ3v) is 5.15. The molecule has 1 aromatic heterocycles. The summed E-state index contributed by atoms with van der Waals surface area (Å²) >= 11 is 1.47. The highest BCUT2D eigenvalue weighted by molar-refractivity contribution is 7.13. The number of aryl methyl sites for hydroxylation is 1. The minimum Gasteiger partial charge on any atom is -0.396 e. The molecule has 0 bridgehead atoms. The molecule has 1 aromatic carbocycles. The number of amides is 1. The van der Waals surface area contributed by atoms with E-state index in [4.69, 9.17) is 0 Å². The van der Waals surface area contributed by atoms with Gasteiger partial charge in [0, 0.05) is 19.6 Å². The van der Waals surface area contributed by atoms with Gasteiger partial charge in [-0.15, -0.1) is 11.3 Å². The van der Waals surface area contributed by atoms with E-state index in [0.717, 1.165) is 30.0 Å². The Hall–Kier alpha value is -1.72. The van der Waals surface area contributed by atoms with E-state index in [-0.39, 0.29) is 17.9 Å². The molecule has 0 saturated carbocycles. The Morgan fingerprint density at radius 1 is 1.29 bits per heavy atom. The molecule has 2 rings (SSSR count). The first kappa shape index (κ1) is 18.6. The summed E-state index contributed by atoms with van der Waals surface area (Å²) < 4.78 is 0. The quantitative estimate of drug-likeness (QED) is 0.718. The first-order valence-electron chi connectivity index (χ1n) is 8.30. The zero-order valence-electron chi connectivity index (χ0n) is 14.6. The van der Waals surface area contributed by atoms with Gasteiger partial charge in [-0.2, -0.15) is 0 Å². The molecule has 2 N–H and O–H groups in total. The minimum absolute atomic E-state index is 0.0499. The van der Waals surface area contributed by atoms with Crippen LogP contribution in [0.5, 0.6) is 0 Å². The second kappa shape index (κ2) is 8.40. The third-order valence-electron chi connectivity index (χ3n) is 3.99. The maximum Gasteiger partial charge on any atom is 0.263 e. The molecule has 5 heteroatoms. The summed E-state index contributed by atoms with van der Waals surface area (Å²) in [5.74, 6) is -0.0499. The lowest BCUT2D eigenvalue weighted by atomic mass is 9.89. The maximum absolute atomic E-state index is 12.3. The Labute approximate surface area is 148 Å². The van der Waals surface area contributed by atoms with E-state index in [1.165, 1.54) is 16.9 Å². The highest BCUT2D eigenvalue weighted by Crippen LogP contribution is 2.22. The van der Waals surface area contributed by atoms with Gasteiger partial charge in [0.05, 0.1) is 10.7 Å². The van der Waals surface area contributed by atoms with Crippen molar-refractivity contribution in [3.8, 4) is 0 Å². The Balaban J connectivity index is 1.88. The summed E-state index contributed by atoms with van der Waals surface area (Å²) in [6.45, 7) is 6.72. The van der Waals surface area contributed by atoms with Crippen molar-refractivity contribution in [2.24, 2.45) is 5.41 Å². The molecule has 0 atom stereocenters. The van der Waals surface area contributed by atoms with E-state index in [2.05, 4.69) is 22.4 Å². The molecule has 0 aliphatic heterocycles. The summed E-state index contributed by atoms with van der Waals surface area (Å²) in [4.78, 5) is 17.6. The Bertz CT molecular complexity index is 665. The second-order valence-corrected chi connectivity index (χ2v) is 7.95. The van der Waals surface area contributed by atoms with E-state index >= 15 is 0 Å². The number of nitrogens with one attached hydrogen (secondary N) is 1. The maximum atomic E-state index is 12.3. The fourth-order valence-electron chi connectivity index (χ4n) is 2.44. The van der Waals surface area contributed by atoms with Crippen molar-refractivity contribution in [1.29, 1.82) is 0 Å². The number of rotatable bonds is 8. The molecular formula is C19H26N2O2S. The number of aliphatic hydroxyl groups is 1. The van der Waals surface area contributed by atoms with Crippen LogP contribution in [0.3, 0.4) is 0 Å². The monoisotopic (exact) mass is 346 g/mol. The van der Waals surface area contributed by atoms with Crippen molar-refractivity contribution >= 4 is 17.2 Å². The van der Waals surface area contributed by atoms with Crippen LogP contribution >= 0.6 is 11.3 Å². The zero-order chi connectivity index (χ0) is 17.6. The van der Waals surface area contributed by atoms with E-state index in [9.17, 15) is 9.90 Å². The normalized spacial score (nSPS) is 11.5. The SMILES string of the molecule is Cc1nc(Cc2ccccc2)sc1C(=O)NCCCC(C)(C)CO. The van der Waals surface area contributed by atoms with Gasteiger partial charge in [0.15, 0.2) is 0 Å². The van der Waals surface area contributed by atoms with Gasteiger partial charge >= 0.3 is 0 Å². The van der Waals surface area contributed by atoms with Crippen LogP contribution in [-0.4, -0.2) is 29.1 Å². The molecule has 0 unspecified atom stereocenters. The topological polar surface area (TPSA) is 62.2 Å². The average molecular weight is 346 g/mol. The lowest BCUT2D eigenvalue weighted by Crippen LogP contribution is -2.26. The lowest BCUT2D eigenvalue weighted by molar-refractivity contribution is 0.0952. The van der Waals surface area contributed by atoms with Crippen LogP contribution in [0.2, 0.25) is 0 Å². The number of aliphatic hydroxyl groups excluding tert-OH is 1. The predicted molar refractivity (Wildman–Crippen MR) is 98.5 cm³/mol. The lowest BCUT2D eigenvalue weighted by Gasteiger charge is -2.21. The van der Waals surface area contributed by atoms with Crippen molar-refractivity contribution < 1.29 is 9.90 Å². The van der Waals surface area contributed by atoms with Gasteiger partial charge in [-0.1, -0.05) is 44.2 Å². The molecule has 0 radical (unpaired) electrons. The van der Waals surface area contributed by atoms with Gasteiger partial charge in [-0.25, -0.2) is 4.98 Å². The van der Waals surface area contributed by atoms with Gasteiger partial charge in [-0.3, -0.25) is 4.79 Å². The number of aromatic nitrogens is 1. The van der Waals surface area contributed by atoms with E-state index in [1.807, 2.05) is 39.0 Å². The zero-order valence-corrected chi connectivity index (χ0v) is 15.4. The number of carbonyl (C=O) groups excluding carboxylic acids is 1. The van der Waals surface area contributed by atoms with Gasteiger partial charge < -0.3 is 10.4 Å². The Morgan fingerprint density at radius 2 is 2.00 bits per heavy atom. The first-order chi connectivity index (χ1) is 11.4. The van der Waals surface area contributed by atoms with E-state index in [1.54, 1.807) is 0 Å². The standard InChI is InChI=1S/C19H26N2O2S/c1-14-17(18(23)20-11-7-10-19(2,3)13-22)24-16(21-14)12-15-8-5-4-6-9-15/h4-6,8-9,22H,7,10-13H2,1-3H3,(H,20,23). The number of carbonyl (C=O) groups is 1. The summed E-state index contributed by atoms with van der Waals surface area (Å²) in [5.41, 5.74) is 1.90. The molecule has 0 aliphatic rings. The van der Waals surface area contributed by atoms with Gasteiger partial charge in [0.2, 0.25) is 0 Å². The molecular weight excluding hydrogens is 320 g/mol. The third kappa shape index (κ3) is 5.42. The molecule has 0 saturated heterocycles. The highest BCUT2D eigenvalue weighted by atomic mass is 32.1. The number of benzene rings is 1. The number of thiazole rings is 1.